The van der Waals surface area contributed by atoms with Gasteiger partial charge in [-0.15, -0.1) is 0 Å². The average Bonchev–Trinajstić information content (AvgIpc) is 3.16. The van der Waals surface area contributed by atoms with E-state index in [1.165, 1.54) is 19.2 Å². The lowest BCUT2D eigenvalue weighted by Gasteiger charge is -2.27. The molecular formula is C27H32ClF2N5O6. The van der Waals surface area contributed by atoms with Gasteiger partial charge in [0.1, 0.15) is 39.7 Å². The van der Waals surface area contributed by atoms with E-state index in [1.807, 2.05) is 0 Å². The van der Waals surface area contributed by atoms with Crippen LogP contribution < -0.4 is 15.1 Å². The number of urea groups is 1. The summed E-state index contributed by atoms with van der Waals surface area (Å²) < 4.78 is 39.2. The zero-order valence-electron chi connectivity index (χ0n) is 24.0. The topological polar surface area (TPSA) is 121 Å². The quantitative estimate of drug-likeness (QED) is 0.438. The summed E-state index contributed by atoms with van der Waals surface area (Å²) in [5, 5.41) is 1.67. The summed E-state index contributed by atoms with van der Waals surface area (Å²) in [5.74, 6) is -3.11. The Morgan fingerprint density at radius 2 is 1.68 bits per heavy atom. The van der Waals surface area contributed by atoms with E-state index in [2.05, 4.69) is 10.3 Å². The van der Waals surface area contributed by atoms with Crippen molar-refractivity contribution in [1.82, 2.24) is 9.88 Å². The Kier molecular flexibility index (Phi) is 8.82. The molecule has 0 bridgehead atoms. The summed E-state index contributed by atoms with van der Waals surface area (Å²) in [4.78, 5) is 59.4. The van der Waals surface area contributed by atoms with Crippen LogP contribution in [0.5, 0.6) is 0 Å². The van der Waals surface area contributed by atoms with Crippen molar-refractivity contribution in [3.8, 4) is 0 Å². The molecule has 0 aliphatic carbocycles. The highest BCUT2D eigenvalue weighted by Gasteiger charge is 2.48. The molecule has 5 amide bonds. The number of imide groups is 1. The van der Waals surface area contributed by atoms with Crippen LogP contribution in [0.3, 0.4) is 0 Å². The lowest BCUT2D eigenvalue weighted by Crippen LogP contribution is -2.47. The molecule has 2 aromatic rings. The van der Waals surface area contributed by atoms with Crippen LogP contribution in [0.4, 0.5) is 40.5 Å². The van der Waals surface area contributed by atoms with Crippen molar-refractivity contribution in [2.45, 2.75) is 65.7 Å². The van der Waals surface area contributed by atoms with Crippen LogP contribution in [-0.2, 0) is 14.3 Å². The van der Waals surface area contributed by atoms with Gasteiger partial charge >= 0.3 is 18.2 Å². The van der Waals surface area contributed by atoms with E-state index in [0.29, 0.717) is 5.56 Å². The molecule has 1 saturated heterocycles. The van der Waals surface area contributed by atoms with Crippen LogP contribution in [0.1, 0.15) is 47.1 Å². The van der Waals surface area contributed by atoms with Crippen molar-refractivity contribution < 1.29 is 37.4 Å². The Labute approximate surface area is 241 Å². The zero-order valence-corrected chi connectivity index (χ0v) is 24.7. The molecule has 1 fully saturated rings. The molecule has 3 rings (SSSR count). The van der Waals surface area contributed by atoms with Gasteiger partial charge in [-0.25, -0.2) is 33.0 Å². The van der Waals surface area contributed by atoms with Gasteiger partial charge in [-0.05, 0) is 78.3 Å². The summed E-state index contributed by atoms with van der Waals surface area (Å²) in [6.45, 7) is 11.1. The molecule has 14 heteroatoms. The number of carbonyl (C=O) groups is 4. The third-order valence-electron chi connectivity index (χ3n) is 5.54. The van der Waals surface area contributed by atoms with Crippen LogP contribution in [0.25, 0.3) is 0 Å². The van der Waals surface area contributed by atoms with Crippen LogP contribution in [-0.4, -0.2) is 64.8 Å². The molecule has 0 unspecified atom stereocenters. The molecule has 11 nitrogen and oxygen atoms in total. The smallest absolute Gasteiger partial charge is 0.418 e. The number of ether oxygens (including phenoxy) is 2. The van der Waals surface area contributed by atoms with Gasteiger partial charge in [0.25, 0.3) is 5.91 Å². The van der Waals surface area contributed by atoms with Gasteiger partial charge in [0, 0.05) is 7.05 Å². The van der Waals surface area contributed by atoms with Gasteiger partial charge in [-0.1, -0.05) is 11.6 Å². The number of anilines is 3. The summed E-state index contributed by atoms with van der Waals surface area (Å²) in [6.07, 6.45) is -1.82. The number of hydrogen-bond donors (Lipinski definition) is 1. The second kappa shape index (κ2) is 11.5. The maximum absolute atomic E-state index is 14.8. The first kappa shape index (κ1) is 31.5. The van der Waals surface area contributed by atoms with Gasteiger partial charge in [0.2, 0.25) is 0 Å². The Hall–Kier alpha value is -4.00. The first-order valence-corrected chi connectivity index (χ1v) is 12.9. The largest absolute Gasteiger partial charge is 0.444 e. The number of carbonyl (C=O) groups excluding carboxylic acids is 4. The number of benzene rings is 1. The normalized spacial score (nSPS) is 15.6. The number of nitrogens with zero attached hydrogens (tertiary/aromatic N) is 4. The average molecular weight is 596 g/mol. The molecule has 1 aliphatic rings. The van der Waals surface area contributed by atoms with Crippen molar-refractivity contribution in [2.24, 2.45) is 0 Å². The number of rotatable bonds is 4. The lowest BCUT2D eigenvalue weighted by molar-refractivity contribution is -0.119. The first-order valence-electron chi connectivity index (χ1n) is 12.5. The predicted molar refractivity (Wildman–Crippen MR) is 148 cm³/mol. The minimum atomic E-state index is -1.41. The molecule has 222 valence electrons. The fourth-order valence-corrected chi connectivity index (χ4v) is 4.03. The van der Waals surface area contributed by atoms with Crippen molar-refractivity contribution in [1.29, 1.82) is 0 Å². The third-order valence-corrected chi connectivity index (χ3v) is 5.89. The number of likely N-dealkylation sites (N-methyl/N-ethyl adjacent to an activating group) is 1. The number of nitrogens with one attached hydrogen (secondary N) is 1. The number of aryl methyl sites for hydroxylation is 1. The van der Waals surface area contributed by atoms with E-state index in [0.717, 1.165) is 26.8 Å². The molecule has 1 atom stereocenters. The number of hydrogen-bond acceptors (Lipinski definition) is 7. The monoisotopic (exact) mass is 595 g/mol. The Balaban J connectivity index is 2.05. The Morgan fingerprint density at radius 1 is 1.07 bits per heavy atom. The molecule has 1 aromatic carbocycles. The SMILES string of the molecule is Cc1cc(NC(=O)OC(C)(C)C)nc(N2C(=O)N(C(=O)OC(C)(C)C)C[C@H]2C(=O)N(C)c2ccc(F)c(Cl)c2F)c1. The van der Waals surface area contributed by atoms with Crippen molar-refractivity contribution in [2.75, 3.05) is 28.7 Å². The molecular weight excluding hydrogens is 564 g/mol. The lowest BCUT2D eigenvalue weighted by atomic mass is 10.2. The van der Waals surface area contributed by atoms with Crippen LogP contribution in [0.2, 0.25) is 5.02 Å². The minimum Gasteiger partial charge on any atom is -0.444 e. The number of aromatic nitrogens is 1. The summed E-state index contributed by atoms with van der Waals surface area (Å²) in [5.41, 5.74) is -1.56. The Morgan fingerprint density at radius 3 is 2.27 bits per heavy atom. The van der Waals surface area contributed by atoms with E-state index >= 15 is 0 Å². The second-order valence-corrected chi connectivity index (χ2v) is 11.7. The summed E-state index contributed by atoms with van der Waals surface area (Å²) in [7, 11) is 1.22. The molecule has 1 aliphatic heterocycles. The zero-order chi connectivity index (χ0) is 31.0. The molecule has 1 aromatic heterocycles. The summed E-state index contributed by atoms with van der Waals surface area (Å²) in [6, 6.07) is 2.54. The molecule has 2 heterocycles. The van der Waals surface area contributed by atoms with Gasteiger partial charge in [0.15, 0.2) is 5.82 Å². The van der Waals surface area contributed by atoms with Crippen molar-refractivity contribution in [3.63, 3.8) is 0 Å². The van der Waals surface area contributed by atoms with Gasteiger partial charge in [-0.2, -0.15) is 0 Å². The molecule has 0 saturated carbocycles. The predicted octanol–water partition coefficient (Wildman–Crippen LogP) is 5.88. The highest BCUT2D eigenvalue weighted by molar-refractivity contribution is 6.31. The van der Waals surface area contributed by atoms with Crippen molar-refractivity contribution in [3.05, 3.63) is 46.5 Å². The van der Waals surface area contributed by atoms with Gasteiger partial charge < -0.3 is 14.4 Å². The van der Waals surface area contributed by atoms with E-state index in [1.54, 1.807) is 48.5 Å². The fraction of sp³-hybridized carbons (Fsp3) is 0.444. The third kappa shape index (κ3) is 7.40. The highest BCUT2D eigenvalue weighted by atomic mass is 35.5. The molecule has 41 heavy (non-hydrogen) atoms. The van der Waals surface area contributed by atoms with E-state index in [9.17, 15) is 28.0 Å². The first-order chi connectivity index (χ1) is 18.8. The standard InChI is InChI=1S/C27H32ClF2N5O6/c1-14-11-18(32-23(37)40-26(2,3)4)31-19(12-14)35-17(13-34(24(35)38)25(39)41-27(5,6)7)22(36)33(8)16-10-9-15(29)20(28)21(16)30/h9-12,17H,13H2,1-8H3,(H,31,32,37)/t17-/m0/s1. The van der Waals surface area contributed by atoms with Gasteiger partial charge in [-0.3, -0.25) is 15.0 Å². The van der Waals surface area contributed by atoms with Crippen molar-refractivity contribution >= 4 is 53.0 Å². The Bertz CT molecular complexity index is 1390. The van der Waals surface area contributed by atoms with Gasteiger partial charge in [0.05, 0.1) is 12.2 Å². The molecule has 0 spiro atoms. The number of halogens is 3. The second-order valence-electron chi connectivity index (χ2n) is 11.4. The van der Waals surface area contributed by atoms with Crippen LogP contribution in [0.15, 0.2) is 24.3 Å². The summed E-state index contributed by atoms with van der Waals surface area (Å²) >= 11 is 5.70. The molecule has 1 N–H and O–H groups in total. The number of amides is 5. The minimum absolute atomic E-state index is 0.00804. The van der Waals surface area contributed by atoms with E-state index in [4.69, 9.17) is 21.1 Å². The van der Waals surface area contributed by atoms with E-state index < -0.39 is 64.6 Å². The van der Waals surface area contributed by atoms with Crippen LogP contribution in [0, 0.1) is 18.6 Å². The highest BCUT2D eigenvalue weighted by Crippen LogP contribution is 2.32. The molecule has 0 radical (unpaired) electrons. The maximum atomic E-state index is 14.8. The van der Waals surface area contributed by atoms with Crippen LogP contribution >= 0.6 is 11.6 Å². The number of pyridine rings is 1. The van der Waals surface area contributed by atoms with E-state index in [-0.39, 0.29) is 17.3 Å². The maximum Gasteiger partial charge on any atom is 0.418 e. The fourth-order valence-electron chi connectivity index (χ4n) is 3.87.